The van der Waals surface area contributed by atoms with Gasteiger partial charge >= 0.3 is 0 Å². The molecule has 1 heterocycles. The number of anilines is 1. The lowest BCUT2D eigenvalue weighted by Gasteiger charge is -2.08. The number of nitrogens with one attached hydrogen (secondary N) is 1. The third kappa shape index (κ3) is 4.03. The fourth-order valence-electron chi connectivity index (χ4n) is 2.21. The van der Waals surface area contributed by atoms with E-state index in [0.29, 0.717) is 11.0 Å². The molecule has 5 nitrogen and oxygen atoms in total. The Bertz CT molecular complexity index is 899. The predicted octanol–water partition coefficient (Wildman–Crippen LogP) is 3.58. The molecule has 0 aliphatic rings. The van der Waals surface area contributed by atoms with E-state index in [4.69, 9.17) is 0 Å². The second-order valence-corrected chi connectivity index (χ2v) is 6.11. The van der Waals surface area contributed by atoms with Crippen LogP contribution in [0.15, 0.2) is 53.7 Å². The highest BCUT2D eigenvalue weighted by molar-refractivity contribution is 7.99. The van der Waals surface area contributed by atoms with E-state index < -0.39 is 11.6 Å². The van der Waals surface area contributed by atoms with E-state index >= 15 is 0 Å². The van der Waals surface area contributed by atoms with Gasteiger partial charge in [-0.25, -0.2) is 8.78 Å². The normalized spacial score (nSPS) is 10.7. The van der Waals surface area contributed by atoms with E-state index in [9.17, 15) is 13.6 Å². The van der Waals surface area contributed by atoms with Crippen molar-refractivity contribution in [1.82, 2.24) is 14.8 Å². The minimum atomic E-state index is -1.01. The van der Waals surface area contributed by atoms with Gasteiger partial charge in [0.25, 0.3) is 0 Å². The Morgan fingerprint density at radius 2 is 1.88 bits per heavy atom. The van der Waals surface area contributed by atoms with Crippen molar-refractivity contribution in [3.8, 4) is 5.69 Å². The molecule has 0 radical (unpaired) electrons. The molecule has 0 saturated carbocycles. The molecular weight excluding hydrogens is 346 g/mol. The Hall–Kier alpha value is -2.74. The quantitative estimate of drug-likeness (QED) is 0.707. The zero-order valence-electron chi connectivity index (χ0n) is 13.2. The molecule has 0 spiro atoms. The van der Waals surface area contributed by atoms with Gasteiger partial charge in [0.2, 0.25) is 5.91 Å². The largest absolute Gasteiger partial charge is 0.325 e. The average molecular weight is 360 g/mol. The van der Waals surface area contributed by atoms with E-state index in [1.165, 1.54) is 17.8 Å². The summed E-state index contributed by atoms with van der Waals surface area (Å²) in [5.41, 5.74) is 1.10. The molecule has 0 saturated heterocycles. The smallest absolute Gasteiger partial charge is 0.234 e. The van der Waals surface area contributed by atoms with Crippen LogP contribution in [0.1, 0.15) is 5.82 Å². The number of nitrogens with zero attached hydrogens (tertiary/aromatic N) is 3. The Balaban J connectivity index is 1.68. The van der Waals surface area contributed by atoms with Gasteiger partial charge in [-0.2, -0.15) is 0 Å². The van der Waals surface area contributed by atoms with Crippen molar-refractivity contribution < 1.29 is 13.6 Å². The molecule has 8 heteroatoms. The van der Waals surface area contributed by atoms with Crippen molar-refractivity contribution >= 4 is 23.4 Å². The number of amides is 1. The molecule has 3 rings (SSSR count). The van der Waals surface area contributed by atoms with Crippen LogP contribution in [0.3, 0.4) is 0 Å². The first-order chi connectivity index (χ1) is 12.0. The molecule has 1 amide bonds. The Morgan fingerprint density at radius 1 is 1.12 bits per heavy atom. The first-order valence-corrected chi connectivity index (χ1v) is 8.38. The zero-order chi connectivity index (χ0) is 17.8. The first kappa shape index (κ1) is 17.1. The molecule has 0 atom stereocenters. The standard InChI is InChI=1S/C17H14F2N4OS/c1-11-21-22-17(23(11)13-5-3-2-4-6-13)25-10-16(24)20-12-7-8-14(18)15(19)9-12/h2-9H,10H2,1H3,(H,20,24). The fourth-order valence-corrected chi connectivity index (χ4v) is 3.01. The van der Waals surface area contributed by atoms with Crippen LogP contribution in [0.5, 0.6) is 0 Å². The van der Waals surface area contributed by atoms with Gasteiger partial charge in [-0.05, 0) is 31.2 Å². The second kappa shape index (κ2) is 7.43. The number of thioether (sulfide) groups is 1. The van der Waals surface area contributed by atoms with E-state index in [2.05, 4.69) is 15.5 Å². The molecule has 128 valence electrons. The van der Waals surface area contributed by atoms with Crippen molar-refractivity contribution in [3.63, 3.8) is 0 Å². The van der Waals surface area contributed by atoms with Crippen molar-refractivity contribution in [2.45, 2.75) is 12.1 Å². The molecule has 1 N–H and O–H groups in total. The van der Waals surface area contributed by atoms with E-state index in [1.807, 2.05) is 41.8 Å². The summed E-state index contributed by atoms with van der Waals surface area (Å²) in [5.74, 6) is -1.56. The number of aryl methyl sites for hydroxylation is 1. The SMILES string of the molecule is Cc1nnc(SCC(=O)Nc2ccc(F)c(F)c2)n1-c1ccccc1. The van der Waals surface area contributed by atoms with Crippen LogP contribution in [0.4, 0.5) is 14.5 Å². The van der Waals surface area contributed by atoms with Crippen LogP contribution in [0, 0.1) is 18.6 Å². The molecule has 25 heavy (non-hydrogen) atoms. The summed E-state index contributed by atoms with van der Waals surface area (Å²) in [6.07, 6.45) is 0. The minimum absolute atomic E-state index is 0.0595. The summed E-state index contributed by atoms with van der Waals surface area (Å²) in [4.78, 5) is 12.0. The van der Waals surface area contributed by atoms with Crippen molar-refractivity contribution in [2.75, 3.05) is 11.1 Å². The predicted molar refractivity (Wildman–Crippen MR) is 91.8 cm³/mol. The van der Waals surface area contributed by atoms with Gasteiger partial charge in [-0.1, -0.05) is 30.0 Å². The summed E-state index contributed by atoms with van der Waals surface area (Å²) in [7, 11) is 0. The molecule has 0 bridgehead atoms. The van der Waals surface area contributed by atoms with Crippen LogP contribution in [-0.2, 0) is 4.79 Å². The van der Waals surface area contributed by atoms with Gasteiger partial charge in [0.05, 0.1) is 5.75 Å². The number of para-hydroxylation sites is 1. The van der Waals surface area contributed by atoms with Crippen molar-refractivity contribution in [3.05, 3.63) is 66.0 Å². The Morgan fingerprint density at radius 3 is 2.60 bits per heavy atom. The maximum atomic E-state index is 13.2. The van der Waals surface area contributed by atoms with Crippen LogP contribution in [0.25, 0.3) is 5.69 Å². The number of benzene rings is 2. The van der Waals surface area contributed by atoms with Gasteiger partial charge in [-0.3, -0.25) is 9.36 Å². The van der Waals surface area contributed by atoms with Crippen molar-refractivity contribution in [2.24, 2.45) is 0 Å². The highest BCUT2D eigenvalue weighted by Crippen LogP contribution is 2.22. The molecule has 2 aromatic carbocycles. The average Bonchev–Trinajstić information content (AvgIpc) is 2.98. The lowest BCUT2D eigenvalue weighted by molar-refractivity contribution is -0.113. The van der Waals surface area contributed by atoms with Gasteiger partial charge in [0.1, 0.15) is 5.82 Å². The van der Waals surface area contributed by atoms with Crippen LogP contribution >= 0.6 is 11.8 Å². The van der Waals surface area contributed by atoms with Gasteiger partial charge < -0.3 is 5.32 Å². The van der Waals surface area contributed by atoms with Crippen LogP contribution < -0.4 is 5.32 Å². The number of carbonyl (C=O) groups excluding carboxylic acids is 1. The molecule has 0 aliphatic heterocycles. The number of hydrogen-bond donors (Lipinski definition) is 1. The van der Waals surface area contributed by atoms with Gasteiger partial charge in [0.15, 0.2) is 16.8 Å². The maximum absolute atomic E-state index is 13.2. The number of halogens is 2. The van der Waals surface area contributed by atoms with E-state index in [-0.39, 0.29) is 17.3 Å². The third-order valence-electron chi connectivity index (χ3n) is 3.35. The van der Waals surface area contributed by atoms with Gasteiger partial charge in [-0.15, -0.1) is 10.2 Å². The molecular formula is C17H14F2N4OS. The molecule has 3 aromatic rings. The highest BCUT2D eigenvalue weighted by atomic mass is 32.2. The number of rotatable bonds is 5. The molecule has 0 fully saturated rings. The number of carbonyl (C=O) groups is 1. The number of aromatic nitrogens is 3. The summed E-state index contributed by atoms with van der Waals surface area (Å²) >= 11 is 1.21. The lowest BCUT2D eigenvalue weighted by Crippen LogP contribution is -2.14. The second-order valence-electron chi connectivity index (χ2n) is 5.17. The number of hydrogen-bond acceptors (Lipinski definition) is 4. The Labute approximate surface area is 147 Å². The Kier molecular flexibility index (Phi) is 5.08. The summed E-state index contributed by atoms with van der Waals surface area (Å²) in [6, 6.07) is 12.8. The van der Waals surface area contributed by atoms with Crippen LogP contribution in [-0.4, -0.2) is 26.4 Å². The monoisotopic (exact) mass is 360 g/mol. The zero-order valence-corrected chi connectivity index (χ0v) is 14.1. The van der Waals surface area contributed by atoms with E-state index in [0.717, 1.165) is 17.8 Å². The summed E-state index contributed by atoms with van der Waals surface area (Å²) < 4.78 is 27.9. The first-order valence-electron chi connectivity index (χ1n) is 7.40. The topological polar surface area (TPSA) is 59.8 Å². The molecule has 1 aromatic heterocycles. The van der Waals surface area contributed by atoms with E-state index in [1.54, 1.807) is 0 Å². The molecule has 0 unspecified atom stereocenters. The third-order valence-corrected chi connectivity index (χ3v) is 4.27. The summed E-state index contributed by atoms with van der Waals surface area (Å²) in [5, 5.41) is 11.2. The summed E-state index contributed by atoms with van der Waals surface area (Å²) in [6.45, 7) is 1.82. The van der Waals surface area contributed by atoms with Gasteiger partial charge in [0, 0.05) is 17.4 Å². The maximum Gasteiger partial charge on any atom is 0.234 e. The lowest BCUT2D eigenvalue weighted by atomic mass is 10.3. The fraction of sp³-hybridized carbons (Fsp3) is 0.118. The van der Waals surface area contributed by atoms with Crippen molar-refractivity contribution in [1.29, 1.82) is 0 Å². The van der Waals surface area contributed by atoms with Crippen LogP contribution in [0.2, 0.25) is 0 Å². The molecule has 0 aliphatic carbocycles. The minimum Gasteiger partial charge on any atom is -0.325 e. The highest BCUT2D eigenvalue weighted by Gasteiger charge is 2.13.